The second-order valence-electron chi connectivity index (χ2n) is 5.74. The molecule has 0 bridgehead atoms. The first-order valence-corrected chi connectivity index (χ1v) is 9.36. The lowest BCUT2D eigenvalue weighted by atomic mass is 9.87. The summed E-state index contributed by atoms with van der Waals surface area (Å²) in [6.07, 6.45) is 6.43. The molecule has 0 saturated carbocycles. The van der Waals surface area contributed by atoms with Crippen molar-refractivity contribution in [3.8, 4) is 0 Å². The summed E-state index contributed by atoms with van der Waals surface area (Å²) < 4.78 is 0. The van der Waals surface area contributed by atoms with Gasteiger partial charge in [-0.25, -0.2) is 5.43 Å². The Morgan fingerprint density at radius 1 is 1.55 bits per heavy atom. The van der Waals surface area contributed by atoms with Gasteiger partial charge in [0.05, 0.1) is 11.1 Å². The Labute approximate surface area is 139 Å². The molecule has 1 atom stereocenters. The lowest BCUT2D eigenvalue weighted by Crippen LogP contribution is -2.16. The fourth-order valence-electron chi connectivity index (χ4n) is 2.78. The van der Waals surface area contributed by atoms with Crippen molar-refractivity contribution in [2.45, 2.75) is 39.5 Å². The van der Waals surface area contributed by atoms with Gasteiger partial charge in [0.25, 0.3) is 5.91 Å². The molecule has 1 aliphatic carbocycles. The Kier molecular flexibility index (Phi) is 4.74. The average molecular weight is 332 g/mol. The van der Waals surface area contributed by atoms with Gasteiger partial charge >= 0.3 is 0 Å². The first-order valence-electron chi connectivity index (χ1n) is 7.66. The summed E-state index contributed by atoms with van der Waals surface area (Å²) in [5, 5.41) is 6.10. The maximum absolute atomic E-state index is 12.2. The minimum Gasteiger partial charge on any atom is -0.266 e. The Morgan fingerprint density at radius 2 is 2.41 bits per heavy atom. The van der Waals surface area contributed by atoms with Crippen molar-refractivity contribution in [3.05, 3.63) is 43.3 Å². The van der Waals surface area contributed by atoms with Gasteiger partial charge in [-0.3, -0.25) is 4.79 Å². The van der Waals surface area contributed by atoms with E-state index in [1.807, 2.05) is 18.4 Å². The van der Waals surface area contributed by atoms with Crippen LogP contribution in [0.15, 0.2) is 22.6 Å². The second kappa shape index (κ2) is 6.75. The van der Waals surface area contributed by atoms with Crippen molar-refractivity contribution in [2.75, 3.05) is 0 Å². The summed E-state index contributed by atoms with van der Waals surface area (Å²) in [6, 6.07) is 4.11. The molecule has 1 N–H and O–H groups in total. The van der Waals surface area contributed by atoms with Crippen LogP contribution >= 0.6 is 22.7 Å². The summed E-state index contributed by atoms with van der Waals surface area (Å²) in [5.41, 5.74) is 5.19. The number of fused-ring (bicyclic) bond motifs is 1. The highest BCUT2D eigenvalue weighted by atomic mass is 32.1. The van der Waals surface area contributed by atoms with Crippen LogP contribution in [0.1, 0.15) is 50.3 Å². The molecule has 3 nitrogen and oxygen atoms in total. The standard InChI is InChI=1S/C17H20N2OS2/c1-3-12-4-5-14-13(8-12)9-15(22-14)17(20)19-18-10-16-11(2)6-7-21-16/h6-7,9-10,12H,3-5,8H2,1-2H3,(H,19,20)/b18-10+. The van der Waals surface area contributed by atoms with E-state index in [4.69, 9.17) is 0 Å². The highest BCUT2D eigenvalue weighted by molar-refractivity contribution is 7.14. The zero-order valence-corrected chi connectivity index (χ0v) is 14.5. The molecule has 2 heterocycles. The van der Waals surface area contributed by atoms with E-state index in [1.54, 1.807) is 28.9 Å². The van der Waals surface area contributed by atoms with Crippen LogP contribution in [0, 0.1) is 12.8 Å². The molecule has 0 aromatic carbocycles. The number of hydrogen-bond donors (Lipinski definition) is 1. The van der Waals surface area contributed by atoms with Crippen molar-refractivity contribution in [3.63, 3.8) is 0 Å². The van der Waals surface area contributed by atoms with Gasteiger partial charge in [0, 0.05) is 9.75 Å². The van der Waals surface area contributed by atoms with Crippen LogP contribution in [-0.2, 0) is 12.8 Å². The van der Waals surface area contributed by atoms with Crippen molar-refractivity contribution in [2.24, 2.45) is 11.0 Å². The lowest BCUT2D eigenvalue weighted by molar-refractivity contribution is 0.0959. The Balaban J connectivity index is 1.65. The third-order valence-corrected chi connectivity index (χ3v) is 6.42. The van der Waals surface area contributed by atoms with Gasteiger partial charge in [0.15, 0.2) is 0 Å². The smallest absolute Gasteiger partial charge is 0.266 e. The van der Waals surface area contributed by atoms with Crippen LogP contribution in [0.25, 0.3) is 0 Å². The van der Waals surface area contributed by atoms with Crippen molar-refractivity contribution >= 4 is 34.8 Å². The summed E-state index contributed by atoms with van der Waals surface area (Å²) in [4.78, 5) is 15.5. The fraction of sp³-hybridized carbons (Fsp3) is 0.412. The molecule has 2 aromatic rings. The van der Waals surface area contributed by atoms with Gasteiger partial charge in [0.2, 0.25) is 0 Å². The fourth-order valence-corrected chi connectivity index (χ4v) is 4.67. The molecule has 0 spiro atoms. The van der Waals surface area contributed by atoms with Gasteiger partial charge in [-0.15, -0.1) is 22.7 Å². The number of nitrogens with zero attached hydrogens (tertiary/aromatic N) is 1. The zero-order chi connectivity index (χ0) is 15.5. The quantitative estimate of drug-likeness (QED) is 0.654. The number of amides is 1. The monoisotopic (exact) mass is 332 g/mol. The maximum atomic E-state index is 12.2. The van der Waals surface area contributed by atoms with Crippen LogP contribution < -0.4 is 5.43 Å². The Morgan fingerprint density at radius 3 is 3.14 bits per heavy atom. The number of rotatable bonds is 4. The number of aryl methyl sites for hydroxylation is 2. The molecule has 0 fully saturated rings. The molecule has 3 rings (SSSR count). The molecule has 1 amide bonds. The van der Waals surface area contributed by atoms with E-state index in [2.05, 4.69) is 23.5 Å². The summed E-state index contributed by atoms with van der Waals surface area (Å²) in [6.45, 7) is 4.29. The SMILES string of the molecule is CCC1CCc2sc(C(=O)N/N=C/c3sccc3C)cc2C1. The van der Waals surface area contributed by atoms with Crippen molar-refractivity contribution in [1.82, 2.24) is 5.43 Å². The topological polar surface area (TPSA) is 41.5 Å². The average Bonchev–Trinajstić information content (AvgIpc) is 3.12. The third-order valence-electron chi connectivity index (χ3n) is 4.24. The first kappa shape index (κ1) is 15.4. The summed E-state index contributed by atoms with van der Waals surface area (Å²) >= 11 is 3.25. The minimum absolute atomic E-state index is 0.0992. The summed E-state index contributed by atoms with van der Waals surface area (Å²) in [7, 11) is 0. The minimum atomic E-state index is -0.0992. The van der Waals surface area contributed by atoms with Gasteiger partial charge < -0.3 is 0 Å². The number of hydrogen-bond acceptors (Lipinski definition) is 4. The van der Waals surface area contributed by atoms with Gasteiger partial charge in [-0.05, 0) is 60.7 Å². The van der Waals surface area contributed by atoms with E-state index >= 15 is 0 Å². The molecule has 0 radical (unpaired) electrons. The molecule has 2 aromatic heterocycles. The number of thiophene rings is 2. The number of nitrogens with one attached hydrogen (secondary N) is 1. The van der Waals surface area contributed by atoms with E-state index in [9.17, 15) is 4.79 Å². The molecule has 116 valence electrons. The van der Waals surface area contributed by atoms with Crippen LogP contribution in [0.4, 0.5) is 0 Å². The van der Waals surface area contributed by atoms with Crippen LogP contribution in [-0.4, -0.2) is 12.1 Å². The Hall–Kier alpha value is -1.46. The largest absolute Gasteiger partial charge is 0.281 e. The highest BCUT2D eigenvalue weighted by Crippen LogP contribution is 2.33. The van der Waals surface area contributed by atoms with Crippen LogP contribution in [0.2, 0.25) is 0 Å². The van der Waals surface area contributed by atoms with E-state index in [-0.39, 0.29) is 5.91 Å². The third kappa shape index (κ3) is 3.31. The second-order valence-corrected chi connectivity index (χ2v) is 7.83. The van der Waals surface area contributed by atoms with Crippen LogP contribution in [0.3, 0.4) is 0 Å². The maximum Gasteiger partial charge on any atom is 0.281 e. The molecular weight excluding hydrogens is 312 g/mol. The van der Waals surface area contributed by atoms with E-state index < -0.39 is 0 Å². The predicted molar refractivity (Wildman–Crippen MR) is 94.2 cm³/mol. The molecule has 1 unspecified atom stereocenters. The van der Waals surface area contributed by atoms with Crippen molar-refractivity contribution < 1.29 is 4.79 Å². The number of hydrazone groups is 1. The molecule has 5 heteroatoms. The molecule has 0 aliphatic heterocycles. The molecule has 22 heavy (non-hydrogen) atoms. The molecular formula is C17H20N2OS2. The van der Waals surface area contributed by atoms with Crippen molar-refractivity contribution in [1.29, 1.82) is 0 Å². The van der Waals surface area contributed by atoms with E-state index in [0.717, 1.165) is 28.5 Å². The number of carbonyl (C=O) groups excluding carboxylic acids is 1. The summed E-state index contributed by atoms with van der Waals surface area (Å²) in [5.74, 6) is 0.677. The van der Waals surface area contributed by atoms with Gasteiger partial charge in [-0.2, -0.15) is 5.10 Å². The predicted octanol–water partition coefficient (Wildman–Crippen LogP) is 4.40. The Bertz CT molecular complexity index is 699. The first-order chi connectivity index (χ1) is 10.7. The number of carbonyl (C=O) groups is 1. The lowest BCUT2D eigenvalue weighted by Gasteiger charge is -2.19. The molecule has 1 aliphatic rings. The van der Waals surface area contributed by atoms with E-state index in [0.29, 0.717) is 0 Å². The van der Waals surface area contributed by atoms with Gasteiger partial charge in [-0.1, -0.05) is 13.3 Å². The van der Waals surface area contributed by atoms with Crippen LogP contribution in [0.5, 0.6) is 0 Å². The zero-order valence-electron chi connectivity index (χ0n) is 12.9. The molecule has 0 saturated heterocycles. The van der Waals surface area contributed by atoms with Gasteiger partial charge in [0.1, 0.15) is 0 Å². The normalized spacial score (nSPS) is 17.6. The van der Waals surface area contributed by atoms with E-state index in [1.165, 1.54) is 28.8 Å². The highest BCUT2D eigenvalue weighted by Gasteiger charge is 2.21.